The molecule has 2 amide bonds. The molecule has 2 aromatic heterocycles. The van der Waals surface area contributed by atoms with Crippen LogP contribution in [0.1, 0.15) is 36.6 Å². The second-order valence-corrected chi connectivity index (χ2v) is 8.78. The Morgan fingerprint density at radius 3 is 3.00 bits per heavy atom. The zero-order chi connectivity index (χ0) is 17.6. The molecule has 8 heteroatoms. The molecule has 1 fully saturated rings. The van der Waals surface area contributed by atoms with E-state index >= 15 is 0 Å². The van der Waals surface area contributed by atoms with E-state index in [-0.39, 0.29) is 23.1 Å². The highest BCUT2D eigenvalue weighted by Gasteiger charge is 2.27. The lowest BCUT2D eigenvalue weighted by Gasteiger charge is -2.17. The lowest BCUT2D eigenvalue weighted by atomic mass is 9.89. The molecule has 2 aliphatic rings. The first-order valence-corrected chi connectivity index (χ1v) is 10.3. The largest absolute Gasteiger partial charge is 0.301 e. The first kappa shape index (κ1) is 16.8. The Morgan fingerprint density at radius 2 is 2.24 bits per heavy atom. The molecule has 1 atom stereocenters. The van der Waals surface area contributed by atoms with Crippen LogP contribution in [0.4, 0.5) is 0 Å². The Balaban J connectivity index is 1.56. The predicted molar refractivity (Wildman–Crippen MR) is 98.1 cm³/mol. The average Bonchev–Trinajstić information content (AvgIpc) is 3.15. The Morgan fingerprint density at radius 1 is 1.40 bits per heavy atom. The number of amides is 2. The van der Waals surface area contributed by atoms with Crippen molar-refractivity contribution in [1.82, 2.24) is 14.9 Å². The van der Waals surface area contributed by atoms with Gasteiger partial charge in [-0.05, 0) is 37.2 Å². The molecule has 1 N–H and O–H groups in total. The van der Waals surface area contributed by atoms with Gasteiger partial charge in [-0.3, -0.25) is 19.3 Å². The maximum Gasteiger partial charge on any atom is 0.260 e. The van der Waals surface area contributed by atoms with Gasteiger partial charge in [0.1, 0.15) is 4.83 Å². The van der Waals surface area contributed by atoms with Crippen molar-refractivity contribution in [2.24, 2.45) is 5.92 Å². The minimum Gasteiger partial charge on any atom is -0.301 e. The van der Waals surface area contributed by atoms with Crippen molar-refractivity contribution in [3.63, 3.8) is 0 Å². The fourth-order valence-corrected chi connectivity index (χ4v) is 5.70. The first-order valence-electron chi connectivity index (χ1n) is 8.53. The SMILES string of the molecule is C[C@@H]1CCc2c(sc3nc(SCC(=O)N4CCCC4=O)[nH]c(=O)c23)C1. The van der Waals surface area contributed by atoms with Crippen molar-refractivity contribution in [3.8, 4) is 0 Å². The van der Waals surface area contributed by atoms with E-state index in [0.29, 0.717) is 24.0 Å². The smallest absolute Gasteiger partial charge is 0.260 e. The summed E-state index contributed by atoms with van der Waals surface area (Å²) < 4.78 is 0. The highest BCUT2D eigenvalue weighted by molar-refractivity contribution is 7.99. The van der Waals surface area contributed by atoms with Crippen LogP contribution in [0.15, 0.2) is 9.95 Å². The number of hydrogen-bond donors (Lipinski definition) is 1. The molecule has 3 heterocycles. The predicted octanol–water partition coefficient (Wildman–Crippen LogP) is 2.35. The van der Waals surface area contributed by atoms with Crippen LogP contribution < -0.4 is 5.56 Å². The molecule has 1 aliphatic carbocycles. The number of aryl methyl sites for hydroxylation is 1. The number of nitrogens with one attached hydrogen (secondary N) is 1. The van der Waals surface area contributed by atoms with Crippen LogP contribution in [0.5, 0.6) is 0 Å². The Kier molecular flexibility index (Phi) is 4.41. The Bertz CT molecular complexity index is 918. The molecule has 132 valence electrons. The number of thioether (sulfide) groups is 1. The van der Waals surface area contributed by atoms with Crippen molar-refractivity contribution in [1.29, 1.82) is 0 Å². The third kappa shape index (κ3) is 3.13. The van der Waals surface area contributed by atoms with E-state index in [1.165, 1.54) is 21.5 Å². The van der Waals surface area contributed by atoms with Gasteiger partial charge >= 0.3 is 0 Å². The third-order valence-electron chi connectivity index (χ3n) is 4.85. The fraction of sp³-hybridized carbons (Fsp3) is 0.529. The molecule has 1 aliphatic heterocycles. The van der Waals surface area contributed by atoms with Crippen molar-refractivity contribution >= 4 is 45.1 Å². The number of thiophene rings is 1. The van der Waals surface area contributed by atoms with E-state index in [2.05, 4.69) is 16.9 Å². The van der Waals surface area contributed by atoms with Gasteiger partial charge < -0.3 is 4.98 Å². The highest BCUT2D eigenvalue weighted by Crippen LogP contribution is 2.36. The summed E-state index contributed by atoms with van der Waals surface area (Å²) >= 11 is 2.79. The summed E-state index contributed by atoms with van der Waals surface area (Å²) in [6, 6.07) is 0. The molecule has 1 saturated heterocycles. The van der Waals surface area contributed by atoms with Crippen LogP contribution in [-0.4, -0.2) is 39.0 Å². The zero-order valence-electron chi connectivity index (χ0n) is 14.0. The van der Waals surface area contributed by atoms with Gasteiger partial charge in [0.05, 0.1) is 11.1 Å². The van der Waals surface area contributed by atoms with Crippen LogP contribution >= 0.6 is 23.1 Å². The second kappa shape index (κ2) is 6.57. The summed E-state index contributed by atoms with van der Waals surface area (Å²) in [6.45, 7) is 2.73. The average molecular weight is 377 g/mol. The fourth-order valence-electron chi connectivity index (χ4n) is 3.52. The van der Waals surface area contributed by atoms with Crippen LogP contribution in [-0.2, 0) is 22.4 Å². The zero-order valence-corrected chi connectivity index (χ0v) is 15.6. The molecule has 0 bridgehead atoms. The number of H-pyrrole nitrogens is 1. The topological polar surface area (TPSA) is 83.1 Å². The molecule has 2 aromatic rings. The van der Waals surface area contributed by atoms with Crippen molar-refractivity contribution in [2.75, 3.05) is 12.3 Å². The number of imide groups is 1. The number of aromatic amines is 1. The van der Waals surface area contributed by atoms with Crippen LogP contribution in [0.3, 0.4) is 0 Å². The van der Waals surface area contributed by atoms with Gasteiger partial charge in [0.25, 0.3) is 5.56 Å². The maximum atomic E-state index is 12.5. The third-order valence-corrected chi connectivity index (χ3v) is 6.86. The summed E-state index contributed by atoms with van der Waals surface area (Å²) in [7, 11) is 0. The minimum absolute atomic E-state index is 0.109. The molecular weight excluding hydrogens is 358 g/mol. The van der Waals surface area contributed by atoms with Gasteiger partial charge in [0.15, 0.2) is 5.16 Å². The van der Waals surface area contributed by atoms with Gasteiger partial charge in [-0.25, -0.2) is 4.98 Å². The first-order chi connectivity index (χ1) is 12.0. The standard InChI is InChI=1S/C17H19N3O3S2/c1-9-4-5-10-11(7-9)25-16-14(10)15(23)18-17(19-16)24-8-13(22)20-6-2-3-12(20)21/h9H,2-8H2,1H3,(H,18,19,23)/t9-/m1/s1. The number of carbonyl (C=O) groups excluding carboxylic acids is 2. The van der Waals surface area contributed by atoms with E-state index in [0.717, 1.165) is 41.5 Å². The summed E-state index contributed by atoms with van der Waals surface area (Å²) in [4.78, 5) is 47.0. The molecule has 0 saturated carbocycles. The Hall–Kier alpha value is -1.67. The van der Waals surface area contributed by atoms with Gasteiger partial charge in [-0.2, -0.15) is 0 Å². The summed E-state index contributed by atoms with van der Waals surface area (Å²) in [5.41, 5.74) is 1.03. The monoisotopic (exact) mass is 377 g/mol. The number of fused-ring (bicyclic) bond motifs is 3. The van der Waals surface area contributed by atoms with Gasteiger partial charge in [-0.1, -0.05) is 18.7 Å². The molecule has 25 heavy (non-hydrogen) atoms. The van der Waals surface area contributed by atoms with Gasteiger partial charge in [-0.15, -0.1) is 11.3 Å². The van der Waals surface area contributed by atoms with E-state index in [1.807, 2.05) is 0 Å². The highest BCUT2D eigenvalue weighted by atomic mass is 32.2. The number of nitrogens with zero attached hydrogens (tertiary/aromatic N) is 2. The minimum atomic E-state index is -0.213. The number of carbonyl (C=O) groups is 2. The van der Waals surface area contributed by atoms with Crippen LogP contribution in [0, 0.1) is 5.92 Å². The Labute approximate surface area is 153 Å². The number of hydrogen-bond acceptors (Lipinski definition) is 6. The molecule has 0 radical (unpaired) electrons. The molecule has 4 rings (SSSR count). The number of rotatable bonds is 3. The summed E-state index contributed by atoms with van der Waals surface area (Å²) in [5, 5.41) is 1.17. The quantitative estimate of drug-likeness (QED) is 0.656. The lowest BCUT2D eigenvalue weighted by Crippen LogP contribution is -2.33. The van der Waals surface area contributed by atoms with Gasteiger partial charge in [0, 0.05) is 17.8 Å². The summed E-state index contributed by atoms with van der Waals surface area (Å²) in [6.07, 6.45) is 4.22. The molecule has 0 spiro atoms. The van der Waals surface area contributed by atoms with Crippen molar-refractivity contribution in [2.45, 2.75) is 44.2 Å². The number of likely N-dealkylation sites (tertiary alicyclic amines) is 1. The van der Waals surface area contributed by atoms with E-state index in [4.69, 9.17) is 0 Å². The van der Waals surface area contributed by atoms with Crippen molar-refractivity contribution in [3.05, 3.63) is 20.8 Å². The van der Waals surface area contributed by atoms with E-state index in [1.54, 1.807) is 11.3 Å². The summed E-state index contributed by atoms with van der Waals surface area (Å²) in [5.74, 6) is 0.434. The van der Waals surface area contributed by atoms with Crippen molar-refractivity contribution < 1.29 is 9.59 Å². The maximum absolute atomic E-state index is 12.5. The van der Waals surface area contributed by atoms with Crippen LogP contribution in [0.25, 0.3) is 10.2 Å². The van der Waals surface area contributed by atoms with Gasteiger partial charge in [0.2, 0.25) is 11.8 Å². The van der Waals surface area contributed by atoms with Crippen LogP contribution in [0.2, 0.25) is 0 Å². The van der Waals surface area contributed by atoms with E-state index in [9.17, 15) is 14.4 Å². The normalized spacial score (nSPS) is 20.3. The number of aromatic nitrogens is 2. The molecular formula is C17H19N3O3S2. The van der Waals surface area contributed by atoms with E-state index < -0.39 is 0 Å². The second-order valence-electron chi connectivity index (χ2n) is 6.73. The molecule has 0 aromatic carbocycles. The lowest BCUT2D eigenvalue weighted by molar-refractivity contribution is -0.140. The molecule has 0 unspecified atom stereocenters. The molecule has 6 nitrogen and oxygen atoms in total.